The molecule has 1 atom stereocenters. The number of alkyl halides is 3. The van der Waals surface area contributed by atoms with E-state index in [0.29, 0.717) is 0 Å². The normalized spacial score (nSPS) is 12.4. The summed E-state index contributed by atoms with van der Waals surface area (Å²) in [4.78, 5) is 11.5. The molecule has 0 radical (unpaired) electrons. The molecule has 1 rings (SSSR count). The van der Waals surface area contributed by atoms with Crippen LogP contribution in [0.25, 0.3) is 0 Å². The zero-order valence-corrected chi connectivity index (χ0v) is 11.1. The minimum Gasteiger partial charge on any atom is -0.374 e. The van der Waals surface area contributed by atoms with Crippen LogP contribution in [0, 0.1) is 11.3 Å². The Morgan fingerprint density at radius 3 is 2.65 bits per heavy atom. The van der Waals surface area contributed by atoms with Crippen LogP contribution < -0.4 is 10.6 Å². The fourth-order valence-corrected chi connectivity index (χ4v) is 1.72. The number of benzene rings is 1. The van der Waals surface area contributed by atoms with Gasteiger partial charge in [-0.15, -0.1) is 0 Å². The van der Waals surface area contributed by atoms with E-state index in [1.165, 1.54) is 13.0 Å². The predicted molar refractivity (Wildman–Crippen MR) is 68.2 cm³/mol. The van der Waals surface area contributed by atoms with E-state index in [2.05, 4.69) is 10.6 Å². The molecule has 1 aromatic carbocycles. The molecule has 0 saturated carbocycles. The van der Waals surface area contributed by atoms with Gasteiger partial charge in [-0.1, -0.05) is 11.6 Å². The molecular weight excluding hydrogens is 295 g/mol. The fourth-order valence-electron chi connectivity index (χ4n) is 1.43. The first-order valence-electron chi connectivity index (χ1n) is 5.53. The fraction of sp³-hybridized carbons (Fsp3) is 0.333. The van der Waals surface area contributed by atoms with Gasteiger partial charge < -0.3 is 10.6 Å². The van der Waals surface area contributed by atoms with Gasteiger partial charge >= 0.3 is 6.18 Å². The molecule has 1 unspecified atom stereocenters. The van der Waals surface area contributed by atoms with E-state index in [1.807, 2.05) is 0 Å². The molecule has 0 aliphatic heterocycles. The van der Waals surface area contributed by atoms with Gasteiger partial charge in [0.15, 0.2) is 0 Å². The van der Waals surface area contributed by atoms with E-state index in [9.17, 15) is 18.0 Å². The highest BCUT2D eigenvalue weighted by Gasteiger charge is 2.33. The van der Waals surface area contributed by atoms with E-state index in [-0.39, 0.29) is 12.2 Å². The number of nitriles is 1. The molecule has 0 saturated heterocycles. The van der Waals surface area contributed by atoms with Crippen LogP contribution in [-0.2, 0) is 11.0 Å². The van der Waals surface area contributed by atoms with Crippen molar-refractivity contribution in [2.24, 2.45) is 0 Å². The lowest BCUT2D eigenvalue weighted by Crippen LogP contribution is -2.37. The lowest BCUT2D eigenvalue weighted by Gasteiger charge is -2.16. The molecule has 1 aromatic rings. The maximum Gasteiger partial charge on any atom is 0.417 e. The molecule has 0 bridgehead atoms. The molecule has 0 heterocycles. The third kappa shape index (κ3) is 4.31. The molecule has 2 N–H and O–H groups in total. The van der Waals surface area contributed by atoms with E-state index in [1.54, 1.807) is 6.07 Å². The first kappa shape index (κ1) is 16.1. The number of halogens is 4. The van der Waals surface area contributed by atoms with Crippen molar-refractivity contribution in [2.45, 2.75) is 19.1 Å². The Balaban J connectivity index is 2.78. The molecule has 20 heavy (non-hydrogen) atoms. The average molecular weight is 306 g/mol. The minimum absolute atomic E-state index is 0.140. The Morgan fingerprint density at radius 2 is 2.15 bits per heavy atom. The summed E-state index contributed by atoms with van der Waals surface area (Å²) in [7, 11) is 0. The van der Waals surface area contributed by atoms with Crippen LogP contribution in [0.2, 0.25) is 5.02 Å². The van der Waals surface area contributed by atoms with Crippen molar-refractivity contribution in [1.29, 1.82) is 5.26 Å². The van der Waals surface area contributed by atoms with Crippen molar-refractivity contribution in [2.75, 3.05) is 11.9 Å². The quantitative estimate of drug-likeness (QED) is 0.841. The first-order valence-corrected chi connectivity index (χ1v) is 5.91. The number of anilines is 1. The number of carbonyl (C=O) groups is 1. The number of hydrogen-bond acceptors (Lipinski definition) is 3. The van der Waals surface area contributed by atoms with Crippen LogP contribution >= 0.6 is 11.6 Å². The molecular formula is C12H11ClF3N3O. The van der Waals surface area contributed by atoms with E-state index in [4.69, 9.17) is 16.9 Å². The predicted octanol–water partition coefficient (Wildman–Crippen LogP) is 2.80. The van der Waals surface area contributed by atoms with Crippen molar-refractivity contribution >= 4 is 23.2 Å². The molecule has 108 valence electrons. The van der Waals surface area contributed by atoms with Gasteiger partial charge in [0.05, 0.1) is 16.7 Å². The summed E-state index contributed by atoms with van der Waals surface area (Å²) >= 11 is 5.56. The second kappa shape index (κ2) is 6.48. The SMILES string of the molecule is CC(Nc1ccc(C(F)(F)F)c(Cl)c1)C(=O)NCC#N. The lowest BCUT2D eigenvalue weighted by molar-refractivity contribution is -0.137. The standard InChI is InChI=1S/C12H11ClF3N3O/c1-7(11(20)18-5-4-17)19-8-2-3-9(10(13)6-8)12(14,15)16/h2-3,6-7,19H,5H2,1H3,(H,18,20). The molecule has 1 amide bonds. The maximum atomic E-state index is 12.5. The third-order valence-electron chi connectivity index (χ3n) is 2.39. The summed E-state index contributed by atoms with van der Waals surface area (Å²) in [6.07, 6.45) is -4.52. The Morgan fingerprint density at radius 1 is 1.50 bits per heavy atom. The van der Waals surface area contributed by atoms with Crippen LogP contribution in [0.15, 0.2) is 18.2 Å². The summed E-state index contributed by atoms with van der Waals surface area (Å²) in [5, 5.41) is 12.9. The topological polar surface area (TPSA) is 64.9 Å². The Kier molecular flexibility index (Phi) is 5.22. The Labute approximate surface area is 118 Å². The summed E-state index contributed by atoms with van der Waals surface area (Å²) in [5.41, 5.74) is -0.658. The van der Waals surface area contributed by atoms with Crippen LogP contribution in [0.4, 0.5) is 18.9 Å². The zero-order chi connectivity index (χ0) is 15.3. The smallest absolute Gasteiger partial charge is 0.374 e. The number of carbonyl (C=O) groups excluding carboxylic acids is 1. The van der Waals surface area contributed by atoms with Gasteiger partial charge in [-0.3, -0.25) is 4.79 Å². The number of hydrogen-bond donors (Lipinski definition) is 2. The van der Waals surface area contributed by atoms with Crippen molar-refractivity contribution in [3.63, 3.8) is 0 Å². The zero-order valence-electron chi connectivity index (χ0n) is 10.4. The van der Waals surface area contributed by atoms with Crippen LogP contribution in [0.3, 0.4) is 0 Å². The van der Waals surface area contributed by atoms with Gasteiger partial charge in [0.25, 0.3) is 0 Å². The first-order chi connectivity index (χ1) is 9.25. The molecule has 8 heteroatoms. The molecule has 0 spiro atoms. The van der Waals surface area contributed by atoms with Gasteiger partial charge in [0, 0.05) is 5.69 Å². The van der Waals surface area contributed by atoms with Crippen molar-refractivity contribution in [3.05, 3.63) is 28.8 Å². The van der Waals surface area contributed by atoms with E-state index < -0.39 is 28.7 Å². The van der Waals surface area contributed by atoms with Crippen LogP contribution in [0.1, 0.15) is 12.5 Å². The number of nitrogens with zero attached hydrogens (tertiary/aromatic N) is 1. The Hall–Kier alpha value is -1.94. The molecule has 0 fully saturated rings. The van der Waals surface area contributed by atoms with Crippen molar-refractivity contribution in [3.8, 4) is 6.07 Å². The lowest BCUT2D eigenvalue weighted by atomic mass is 10.2. The second-order valence-electron chi connectivity index (χ2n) is 3.93. The summed E-state index contributed by atoms with van der Waals surface area (Å²) in [6.45, 7) is 1.37. The van der Waals surface area contributed by atoms with Crippen LogP contribution in [0.5, 0.6) is 0 Å². The van der Waals surface area contributed by atoms with Gasteiger partial charge in [-0.05, 0) is 25.1 Å². The average Bonchev–Trinajstić information content (AvgIpc) is 2.34. The largest absolute Gasteiger partial charge is 0.417 e. The number of rotatable bonds is 4. The minimum atomic E-state index is -4.52. The molecule has 0 aliphatic rings. The van der Waals surface area contributed by atoms with Gasteiger partial charge in [-0.25, -0.2) is 0 Å². The van der Waals surface area contributed by atoms with Gasteiger partial charge in [0.1, 0.15) is 12.6 Å². The van der Waals surface area contributed by atoms with Crippen molar-refractivity contribution < 1.29 is 18.0 Å². The van der Waals surface area contributed by atoms with Crippen molar-refractivity contribution in [1.82, 2.24) is 5.32 Å². The van der Waals surface area contributed by atoms with E-state index in [0.717, 1.165) is 12.1 Å². The summed E-state index contributed by atoms with van der Waals surface area (Å²) < 4.78 is 37.5. The number of amides is 1. The Bertz CT molecular complexity index is 540. The maximum absolute atomic E-state index is 12.5. The van der Waals surface area contributed by atoms with Gasteiger partial charge in [0.2, 0.25) is 5.91 Å². The second-order valence-corrected chi connectivity index (χ2v) is 4.34. The highest BCUT2D eigenvalue weighted by atomic mass is 35.5. The highest BCUT2D eigenvalue weighted by molar-refractivity contribution is 6.31. The monoisotopic (exact) mass is 305 g/mol. The van der Waals surface area contributed by atoms with Crippen LogP contribution in [-0.4, -0.2) is 18.5 Å². The van der Waals surface area contributed by atoms with E-state index >= 15 is 0 Å². The van der Waals surface area contributed by atoms with Gasteiger partial charge in [-0.2, -0.15) is 18.4 Å². The number of nitrogens with one attached hydrogen (secondary N) is 2. The highest BCUT2D eigenvalue weighted by Crippen LogP contribution is 2.35. The summed E-state index contributed by atoms with van der Waals surface area (Å²) in [5.74, 6) is -0.442. The third-order valence-corrected chi connectivity index (χ3v) is 2.71. The molecule has 0 aromatic heterocycles. The molecule has 4 nitrogen and oxygen atoms in total. The molecule has 0 aliphatic carbocycles. The summed E-state index contributed by atoms with van der Waals surface area (Å²) in [6, 6.07) is 4.15.